The van der Waals surface area contributed by atoms with E-state index in [4.69, 9.17) is 5.73 Å². The minimum Gasteiger partial charge on any atom is -0.393 e. The zero-order valence-electron chi connectivity index (χ0n) is 10.0. The number of hydrogen-bond acceptors (Lipinski definition) is 5. The summed E-state index contributed by atoms with van der Waals surface area (Å²) in [6, 6.07) is 6.39. The summed E-state index contributed by atoms with van der Waals surface area (Å²) in [6.45, 7) is 0. The smallest absolute Gasteiger partial charge is 0.292 e. The Bertz CT molecular complexity index is 830. The normalized spacial score (nSPS) is 10.8. The number of nitrogen functional groups attached to an aromatic ring is 1. The van der Waals surface area contributed by atoms with E-state index in [1.807, 2.05) is 6.07 Å². The summed E-state index contributed by atoms with van der Waals surface area (Å²) in [5.41, 5.74) is 7.42. The average Bonchev–Trinajstić information content (AvgIpc) is 2.81. The van der Waals surface area contributed by atoms with Crippen molar-refractivity contribution in [1.29, 1.82) is 0 Å². The van der Waals surface area contributed by atoms with E-state index in [0.717, 1.165) is 9.99 Å². The first-order valence-electron chi connectivity index (χ1n) is 5.60. The van der Waals surface area contributed by atoms with Crippen LogP contribution in [0, 0.1) is 10.1 Å². The molecule has 0 aliphatic rings. The molecule has 0 atom stereocenters. The quantitative estimate of drug-likeness (QED) is 0.425. The number of fused-ring (bicyclic) bond motifs is 1. The van der Waals surface area contributed by atoms with Gasteiger partial charge < -0.3 is 10.7 Å². The van der Waals surface area contributed by atoms with Gasteiger partial charge in [-0.3, -0.25) is 10.1 Å². The molecule has 2 aromatic heterocycles. The molecule has 0 spiro atoms. The fourth-order valence-electron chi connectivity index (χ4n) is 1.86. The summed E-state index contributed by atoms with van der Waals surface area (Å²) in [7, 11) is 0. The Hall–Kier alpha value is -2.48. The number of pyridine rings is 1. The average molecular weight is 334 g/mol. The van der Waals surface area contributed by atoms with E-state index in [2.05, 4.69) is 30.9 Å². The number of rotatable bonds is 2. The molecule has 3 aromatic rings. The van der Waals surface area contributed by atoms with E-state index in [-0.39, 0.29) is 11.4 Å². The molecule has 100 valence electrons. The summed E-state index contributed by atoms with van der Waals surface area (Å²) in [5, 5.41) is 10.9. The van der Waals surface area contributed by atoms with Crippen molar-refractivity contribution in [3.8, 4) is 11.4 Å². The molecule has 0 saturated heterocycles. The number of aromatic amines is 1. The lowest BCUT2D eigenvalue weighted by Crippen LogP contribution is -1.96. The van der Waals surface area contributed by atoms with Crippen LogP contribution in [0.2, 0.25) is 0 Å². The highest BCUT2D eigenvalue weighted by atomic mass is 79.9. The molecule has 7 nitrogen and oxygen atoms in total. The van der Waals surface area contributed by atoms with Gasteiger partial charge in [-0.05, 0) is 34.1 Å². The number of benzene rings is 1. The Kier molecular flexibility index (Phi) is 2.87. The van der Waals surface area contributed by atoms with Crippen molar-refractivity contribution in [3.05, 3.63) is 45.0 Å². The van der Waals surface area contributed by atoms with Gasteiger partial charge in [-0.1, -0.05) is 0 Å². The first kappa shape index (κ1) is 12.5. The van der Waals surface area contributed by atoms with Gasteiger partial charge in [0.1, 0.15) is 11.5 Å². The Balaban J connectivity index is 2.15. The number of nitrogens with two attached hydrogens (primary N) is 1. The van der Waals surface area contributed by atoms with Crippen LogP contribution in [0.1, 0.15) is 0 Å². The van der Waals surface area contributed by atoms with Crippen molar-refractivity contribution in [2.45, 2.75) is 0 Å². The summed E-state index contributed by atoms with van der Waals surface area (Å²) in [4.78, 5) is 21.9. The second kappa shape index (κ2) is 4.57. The summed E-state index contributed by atoms with van der Waals surface area (Å²) < 4.78 is 0.823. The van der Waals surface area contributed by atoms with Crippen molar-refractivity contribution in [1.82, 2.24) is 15.0 Å². The summed E-state index contributed by atoms with van der Waals surface area (Å²) in [5.74, 6) is 0.508. The van der Waals surface area contributed by atoms with Crippen LogP contribution < -0.4 is 5.73 Å². The van der Waals surface area contributed by atoms with Crippen LogP contribution in [-0.4, -0.2) is 19.9 Å². The molecule has 0 saturated carbocycles. The van der Waals surface area contributed by atoms with E-state index in [0.29, 0.717) is 17.0 Å². The van der Waals surface area contributed by atoms with Crippen molar-refractivity contribution < 1.29 is 4.92 Å². The van der Waals surface area contributed by atoms with Crippen LogP contribution >= 0.6 is 15.9 Å². The molecule has 3 rings (SSSR count). The molecule has 2 heterocycles. The molecule has 8 heteroatoms. The third-order valence-electron chi connectivity index (χ3n) is 2.80. The topological polar surface area (TPSA) is 111 Å². The second-order valence-corrected chi connectivity index (χ2v) is 5.06. The molecule has 20 heavy (non-hydrogen) atoms. The number of halogens is 1. The van der Waals surface area contributed by atoms with Gasteiger partial charge in [0.05, 0.1) is 10.4 Å². The highest BCUT2D eigenvalue weighted by Crippen LogP contribution is 2.28. The molecule has 0 bridgehead atoms. The summed E-state index contributed by atoms with van der Waals surface area (Å²) in [6.07, 6.45) is 1.64. The fourth-order valence-corrected chi connectivity index (χ4v) is 2.19. The van der Waals surface area contributed by atoms with E-state index >= 15 is 0 Å². The van der Waals surface area contributed by atoms with Gasteiger partial charge in [-0.2, -0.15) is 0 Å². The SMILES string of the molecule is Nc1ccc(-c2nc3ncc(Br)cc3[nH]2)cc1[N+](=O)[O-]. The number of nitro benzene ring substituents is 1. The van der Waals surface area contributed by atoms with Crippen molar-refractivity contribution >= 4 is 38.5 Å². The standard InChI is InChI=1S/C12H8BrN5O2/c13-7-4-9-12(15-5-7)17-11(16-9)6-1-2-8(14)10(3-6)18(19)20/h1-5H,14H2,(H,15,16,17). The minimum atomic E-state index is -0.518. The van der Waals surface area contributed by atoms with Crippen molar-refractivity contribution in [2.24, 2.45) is 0 Å². The van der Waals surface area contributed by atoms with Gasteiger partial charge in [-0.25, -0.2) is 9.97 Å². The molecular formula is C12H8BrN5O2. The number of nitrogens with one attached hydrogen (secondary N) is 1. The number of nitro groups is 1. The van der Waals surface area contributed by atoms with E-state index in [9.17, 15) is 10.1 Å². The molecule has 0 unspecified atom stereocenters. The van der Waals surface area contributed by atoms with Crippen LogP contribution in [0.25, 0.3) is 22.6 Å². The highest BCUT2D eigenvalue weighted by molar-refractivity contribution is 9.10. The molecule has 1 aromatic carbocycles. The number of hydrogen-bond donors (Lipinski definition) is 2. The Morgan fingerprint density at radius 2 is 2.15 bits per heavy atom. The molecule has 0 fully saturated rings. The lowest BCUT2D eigenvalue weighted by Gasteiger charge is -1.99. The van der Waals surface area contributed by atoms with Crippen LogP contribution in [-0.2, 0) is 0 Å². The molecule has 3 N–H and O–H groups in total. The third-order valence-corrected chi connectivity index (χ3v) is 3.24. The number of aromatic nitrogens is 3. The second-order valence-electron chi connectivity index (χ2n) is 4.14. The van der Waals surface area contributed by atoms with Gasteiger partial charge in [0.2, 0.25) is 0 Å². The van der Waals surface area contributed by atoms with E-state index in [1.54, 1.807) is 12.3 Å². The zero-order valence-corrected chi connectivity index (χ0v) is 11.6. The number of nitrogens with zero attached hydrogens (tertiary/aromatic N) is 3. The first-order chi connectivity index (χ1) is 9.54. The highest BCUT2D eigenvalue weighted by Gasteiger charge is 2.15. The Morgan fingerprint density at radius 1 is 1.35 bits per heavy atom. The van der Waals surface area contributed by atoms with E-state index < -0.39 is 4.92 Å². The number of H-pyrrole nitrogens is 1. The van der Waals surface area contributed by atoms with Crippen LogP contribution in [0.4, 0.5) is 11.4 Å². The molecular weight excluding hydrogens is 326 g/mol. The number of imidazole rings is 1. The fraction of sp³-hybridized carbons (Fsp3) is 0. The molecule has 0 radical (unpaired) electrons. The van der Waals surface area contributed by atoms with Gasteiger partial charge in [-0.15, -0.1) is 0 Å². The van der Waals surface area contributed by atoms with E-state index in [1.165, 1.54) is 12.1 Å². The van der Waals surface area contributed by atoms with Crippen LogP contribution in [0.15, 0.2) is 34.9 Å². The summed E-state index contributed by atoms with van der Waals surface area (Å²) >= 11 is 3.32. The number of anilines is 1. The molecule has 0 aliphatic heterocycles. The Morgan fingerprint density at radius 3 is 2.90 bits per heavy atom. The predicted molar refractivity (Wildman–Crippen MR) is 78.1 cm³/mol. The maximum Gasteiger partial charge on any atom is 0.292 e. The van der Waals surface area contributed by atoms with Gasteiger partial charge in [0.15, 0.2) is 5.65 Å². The minimum absolute atomic E-state index is 0.121. The third kappa shape index (κ3) is 2.10. The largest absolute Gasteiger partial charge is 0.393 e. The van der Waals surface area contributed by atoms with Gasteiger partial charge in [0.25, 0.3) is 5.69 Å². The monoisotopic (exact) mass is 333 g/mol. The lowest BCUT2D eigenvalue weighted by atomic mass is 10.1. The molecule has 0 aliphatic carbocycles. The van der Waals surface area contributed by atoms with Gasteiger partial charge >= 0.3 is 0 Å². The maximum absolute atomic E-state index is 10.9. The van der Waals surface area contributed by atoms with Crippen LogP contribution in [0.3, 0.4) is 0 Å². The van der Waals surface area contributed by atoms with Crippen molar-refractivity contribution in [2.75, 3.05) is 5.73 Å². The predicted octanol–water partition coefficient (Wildman–Crippen LogP) is 2.88. The van der Waals surface area contributed by atoms with Gasteiger partial charge in [0, 0.05) is 22.3 Å². The lowest BCUT2D eigenvalue weighted by molar-refractivity contribution is -0.383. The first-order valence-corrected chi connectivity index (χ1v) is 6.39. The molecule has 0 amide bonds. The maximum atomic E-state index is 10.9. The zero-order chi connectivity index (χ0) is 14.3. The van der Waals surface area contributed by atoms with Crippen LogP contribution in [0.5, 0.6) is 0 Å². The van der Waals surface area contributed by atoms with Crippen molar-refractivity contribution in [3.63, 3.8) is 0 Å². The Labute approximate surface area is 121 Å².